The molecule has 1 aliphatic rings. The number of para-hydroxylation sites is 1. The third-order valence-electron chi connectivity index (χ3n) is 4.13. The van der Waals surface area contributed by atoms with Gasteiger partial charge in [-0.1, -0.05) is 18.2 Å². The summed E-state index contributed by atoms with van der Waals surface area (Å²) in [6.45, 7) is 9.53. The number of carbonyl (C=O) groups is 1. The maximum atomic E-state index is 11.5. The highest BCUT2D eigenvalue weighted by atomic mass is 16.1. The van der Waals surface area contributed by atoms with Crippen LogP contribution in [0.3, 0.4) is 0 Å². The van der Waals surface area contributed by atoms with Crippen molar-refractivity contribution in [3.63, 3.8) is 0 Å². The van der Waals surface area contributed by atoms with Crippen LogP contribution in [-0.2, 0) is 4.79 Å². The Morgan fingerprint density at radius 1 is 1.16 bits per heavy atom. The zero-order valence-corrected chi connectivity index (χ0v) is 12.0. The maximum Gasteiger partial charge on any atom is 0.237 e. The first-order valence-corrected chi connectivity index (χ1v) is 6.78. The molecule has 0 radical (unpaired) electrons. The van der Waals surface area contributed by atoms with Crippen molar-refractivity contribution < 1.29 is 4.79 Å². The van der Waals surface area contributed by atoms with Crippen molar-refractivity contribution in [2.24, 2.45) is 5.73 Å². The molecule has 1 aliphatic heterocycles. The summed E-state index contributed by atoms with van der Waals surface area (Å²) in [7, 11) is 0. The number of aryl methyl sites for hydroxylation is 1. The third-order valence-corrected chi connectivity index (χ3v) is 4.13. The fourth-order valence-corrected chi connectivity index (χ4v) is 2.58. The van der Waals surface area contributed by atoms with Crippen LogP contribution in [0.1, 0.15) is 19.4 Å². The molecule has 0 bridgehead atoms. The Bertz CT molecular complexity index is 462. The minimum atomic E-state index is -0.558. The first-order chi connectivity index (χ1) is 8.93. The Kier molecular flexibility index (Phi) is 3.80. The van der Waals surface area contributed by atoms with Crippen LogP contribution in [-0.4, -0.2) is 42.5 Å². The Labute approximate surface area is 115 Å². The molecule has 0 atom stereocenters. The van der Waals surface area contributed by atoms with Gasteiger partial charge in [-0.2, -0.15) is 0 Å². The number of amides is 1. The van der Waals surface area contributed by atoms with Crippen molar-refractivity contribution in [1.29, 1.82) is 0 Å². The molecule has 2 N–H and O–H groups in total. The van der Waals surface area contributed by atoms with E-state index in [2.05, 4.69) is 41.0 Å². The summed E-state index contributed by atoms with van der Waals surface area (Å²) in [5, 5.41) is 0. The smallest absolute Gasteiger partial charge is 0.237 e. The average Bonchev–Trinajstić information content (AvgIpc) is 2.39. The summed E-state index contributed by atoms with van der Waals surface area (Å²) in [6.07, 6.45) is 0. The largest absolute Gasteiger partial charge is 0.369 e. The van der Waals surface area contributed by atoms with Crippen LogP contribution in [0.25, 0.3) is 0 Å². The number of piperazine rings is 1. The number of carbonyl (C=O) groups excluding carboxylic acids is 1. The van der Waals surface area contributed by atoms with E-state index in [4.69, 9.17) is 5.73 Å². The standard InChI is InChI=1S/C15H23N3O/c1-12-6-4-5-7-13(12)17-8-10-18(11-9-17)15(2,3)14(16)19/h4-7H,8-11H2,1-3H3,(H2,16,19). The van der Waals surface area contributed by atoms with E-state index in [1.165, 1.54) is 11.3 Å². The summed E-state index contributed by atoms with van der Waals surface area (Å²) in [5.74, 6) is -0.253. The monoisotopic (exact) mass is 261 g/mol. The number of nitrogens with two attached hydrogens (primary N) is 1. The highest BCUT2D eigenvalue weighted by molar-refractivity contribution is 5.83. The normalized spacial score (nSPS) is 17.5. The van der Waals surface area contributed by atoms with E-state index in [0.29, 0.717) is 0 Å². The molecule has 1 amide bonds. The number of rotatable bonds is 3. The topological polar surface area (TPSA) is 49.6 Å². The van der Waals surface area contributed by atoms with Crippen LogP contribution >= 0.6 is 0 Å². The molecule has 4 nitrogen and oxygen atoms in total. The molecular weight excluding hydrogens is 238 g/mol. The molecule has 0 spiro atoms. The highest BCUT2D eigenvalue weighted by Crippen LogP contribution is 2.23. The second kappa shape index (κ2) is 5.21. The lowest BCUT2D eigenvalue weighted by Crippen LogP contribution is -2.59. The van der Waals surface area contributed by atoms with Crippen LogP contribution < -0.4 is 10.6 Å². The van der Waals surface area contributed by atoms with Gasteiger partial charge in [0.2, 0.25) is 5.91 Å². The molecule has 1 heterocycles. The van der Waals surface area contributed by atoms with Crippen molar-refractivity contribution in [3.8, 4) is 0 Å². The van der Waals surface area contributed by atoms with E-state index in [9.17, 15) is 4.79 Å². The molecule has 0 aliphatic carbocycles. The van der Waals surface area contributed by atoms with Crippen LogP contribution in [0, 0.1) is 6.92 Å². The van der Waals surface area contributed by atoms with Crippen molar-refractivity contribution in [1.82, 2.24) is 4.90 Å². The van der Waals surface area contributed by atoms with Gasteiger partial charge in [-0.25, -0.2) is 0 Å². The lowest BCUT2D eigenvalue weighted by Gasteiger charge is -2.43. The van der Waals surface area contributed by atoms with Crippen LogP contribution in [0.5, 0.6) is 0 Å². The Morgan fingerprint density at radius 2 is 1.74 bits per heavy atom. The number of hydrogen-bond acceptors (Lipinski definition) is 3. The van der Waals surface area contributed by atoms with Crippen molar-refractivity contribution in [2.45, 2.75) is 26.3 Å². The number of benzene rings is 1. The Morgan fingerprint density at radius 3 is 2.26 bits per heavy atom. The van der Waals surface area contributed by atoms with E-state index in [-0.39, 0.29) is 5.91 Å². The Hall–Kier alpha value is -1.55. The zero-order valence-electron chi connectivity index (χ0n) is 12.0. The summed E-state index contributed by atoms with van der Waals surface area (Å²) < 4.78 is 0. The minimum Gasteiger partial charge on any atom is -0.369 e. The molecule has 104 valence electrons. The lowest BCUT2D eigenvalue weighted by molar-refractivity contribution is -0.128. The quantitative estimate of drug-likeness (QED) is 0.894. The zero-order chi connectivity index (χ0) is 14.0. The third kappa shape index (κ3) is 2.73. The second-order valence-electron chi connectivity index (χ2n) is 5.68. The van der Waals surface area contributed by atoms with Gasteiger partial charge in [0.1, 0.15) is 0 Å². The van der Waals surface area contributed by atoms with Gasteiger partial charge in [0.05, 0.1) is 5.54 Å². The summed E-state index contributed by atoms with van der Waals surface area (Å²) in [6, 6.07) is 8.42. The SMILES string of the molecule is Cc1ccccc1N1CCN(C(C)(C)C(N)=O)CC1. The van der Waals surface area contributed by atoms with E-state index in [0.717, 1.165) is 26.2 Å². The minimum absolute atomic E-state index is 0.253. The summed E-state index contributed by atoms with van der Waals surface area (Å²) >= 11 is 0. The molecular formula is C15H23N3O. The average molecular weight is 261 g/mol. The summed E-state index contributed by atoms with van der Waals surface area (Å²) in [5.41, 5.74) is 7.51. The van der Waals surface area contributed by atoms with Crippen molar-refractivity contribution >= 4 is 11.6 Å². The van der Waals surface area contributed by atoms with Gasteiger partial charge in [-0.05, 0) is 32.4 Å². The molecule has 0 unspecified atom stereocenters. The maximum absolute atomic E-state index is 11.5. The molecule has 0 saturated carbocycles. The molecule has 0 aromatic heterocycles. The predicted molar refractivity (Wildman–Crippen MR) is 78.2 cm³/mol. The van der Waals surface area contributed by atoms with Gasteiger partial charge in [0.15, 0.2) is 0 Å². The fourth-order valence-electron chi connectivity index (χ4n) is 2.58. The number of anilines is 1. The molecule has 1 aromatic rings. The van der Waals surface area contributed by atoms with Gasteiger partial charge in [0, 0.05) is 31.9 Å². The molecule has 1 aromatic carbocycles. The molecule has 19 heavy (non-hydrogen) atoms. The van der Waals surface area contributed by atoms with Gasteiger partial charge in [-0.3, -0.25) is 9.69 Å². The summed E-state index contributed by atoms with van der Waals surface area (Å²) in [4.78, 5) is 16.0. The van der Waals surface area contributed by atoms with Gasteiger partial charge in [0.25, 0.3) is 0 Å². The fraction of sp³-hybridized carbons (Fsp3) is 0.533. The molecule has 4 heteroatoms. The first-order valence-electron chi connectivity index (χ1n) is 6.78. The number of primary amides is 1. The Balaban J connectivity index is 2.04. The van der Waals surface area contributed by atoms with Crippen molar-refractivity contribution in [3.05, 3.63) is 29.8 Å². The first kappa shape index (κ1) is 13.9. The van der Waals surface area contributed by atoms with Gasteiger partial charge < -0.3 is 10.6 Å². The number of hydrogen-bond donors (Lipinski definition) is 1. The molecule has 1 fully saturated rings. The second-order valence-corrected chi connectivity index (χ2v) is 5.68. The lowest BCUT2D eigenvalue weighted by atomic mass is 10.0. The highest BCUT2D eigenvalue weighted by Gasteiger charge is 2.34. The van der Waals surface area contributed by atoms with Gasteiger partial charge >= 0.3 is 0 Å². The number of nitrogens with zero attached hydrogens (tertiary/aromatic N) is 2. The van der Waals surface area contributed by atoms with E-state index in [1.807, 2.05) is 13.8 Å². The van der Waals surface area contributed by atoms with E-state index >= 15 is 0 Å². The molecule has 2 rings (SSSR count). The van der Waals surface area contributed by atoms with Crippen LogP contribution in [0.2, 0.25) is 0 Å². The van der Waals surface area contributed by atoms with E-state index < -0.39 is 5.54 Å². The van der Waals surface area contributed by atoms with E-state index in [1.54, 1.807) is 0 Å². The molecule has 1 saturated heterocycles. The predicted octanol–water partition coefficient (Wildman–Crippen LogP) is 1.38. The van der Waals surface area contributed by atoms with Crippen molar-refractivity contribution in [2.75, 3.05) is 31.1 Å². The van der Waals surface area contributed by atoms with Crippen LogP contribution in [0.15, 0.2) is 24.3 Å². The van der Waals surface area contributed by atoms with Gasteiger partial charge in [-0.15, -0.1) is 0 Å². The van der Waals surface area contributed by atoms with Crippen LogP contribution in [0.4, 0.5) is 5.69 Å².